The van der Waals surface area contributed by atoms with Crippen molar-refractivity contribution in [2.45, 2.75) is 25.7 Å². The fraction of sp³-hybridized carbons (Fsp3) is 0.261. The summed E-state index contributed by atoms with van der Waals surface area (Å²) in [6, 6.07) is 12.3. The molecule has 12 heteroatoms. The maximum absolute atomic E-state index is 12.6. The fourth-order valence-corrected chi connectivity index (χ4v) is 3.04. The van der Waals surface area contributed by atoms with Gasteiger partial charge in [-0.05, 0) is 24.6 Å². The summed E-state index contributed by atoms with van der Waals surface area (Å²) in [6.07, 6.45) is -6.02. The molecule has 184 valence electrons. The van der Waals surface area contributed by atoms with Gasteiger partial charge in [-0.2, -0.15) is 18.2 Å². The van der Waals surface area contributed by atoms with E-state index in [4.69, 9.17) is 0 Å². The molecule has 0 aliphatic heterocycles. The van der Waals surface area contributed by atoms with Crippen molar-refractivity contribution >= 4 is 17.6 Å². The third kappa shape index (κ3) is 6.73. The number of aromatic nitrogens is 2. The summed E-state index contributed by atoms with van der Waals surface area (Å²) in [7, 11) is 1.27. The molecule has 0 aliphatic carbocycles. The number of aliphatic imine (C=N–C) groups is 1. The Kier molecular flexibility index (Phi) is 7.97. The number of halogens is 3. The Morgan fingerprint density at radius 1 is 1.17 bits per heavy atom. The molecule has 3 aromatic rings. The Morgan fingerprint density at radius 2 is 1.86 bits per heavy atom. The lowest BCUT2D eigenvalue weighted by Gasteiger charge is -2.13. The highest BCUT2D eigenvalue weighted by molar-refractivity contribution is 5.97. The minimum absolute atomic E-state index is 0.0214. The number of hydrogen-bond acceptors (Lipinski definition) is 8. The molecule has 0 saturated heterocycles. The van der Waals surface area contributed by atoms with Gasteiger partial charge in [-0.15, -0.1) is 0 Å². The molecule has 2 aromatic carbocycles. The van der Waals surface area contributed by atoms with Crippen LogP contribution in [0, 0.1) is 0 Å². The first kappa shape index (κ1) is 25.6. The van der Waals surface area contributed by atoms with E-state index in [9.17, 15) is 27.9 Å². The first-order valence-electron chi connectivity index (χ1n) is 10.2. The number of nitrogens with zero attached hydrogens (tertiary/aromatic N) is 3. The number of alkyl halides is 3. The maximum atomic E-state index is 12.6. The summed E-state index contributed by atoms with van der Waals surface area (Å²) in [6.45, 7) is 1.64. The lowest BCUT2D eigenvalue weighted by Crippen LogP contribution is -2.28. The van der Waals surface area contributed by atoms with Crippen LogP contribution in [0.2, 0.25) is 0 Å². The van der Waals surface area contributed by atoms with Crippen LogP contribution in [0.5, 0.6) is 0 Å². The van der Waals surface area contributed by atoms with E-state index >= 15 is 0 Å². The molecule has 1 heterocycles. The van der Waals surface area contributed by atoms with Crippen molar-refractivity contribution in [3.8, 4) is 11.4 Å². The van der Waals surface area contributed by atoms with E-state index in [1.54, 1.807) is 31.2 Å². The van der Waals surface area contributed by atoms with Crippen LogP contribution >= 0.6 is 0 Å². The zero-order chi connectivity index (χ0) is 25.6. The number of benzene rings is 2. The van der Waals surface area contributed by atoms with Gasteiger partial charge in [0.2, 0.25) is 5.82 Å². The fourth-order valence-electron chi connectivity index (χ4n) is 3.04. The Balaban J connectivity index is 1.61. The highest BCUT2D eigenvalue weighted by Crippen LogP contribution is 2.29. The van der Waals surface area contributed by atoms with Crippen LogP contribution in [0.15, 0.2) is 58.0 Å². The van der Waals surface area contributed by atoms with Crippen LogP contribution in [0.3, 0.4) is 0 Å². The minimum Gasteiger partial charge on any atom is -0.469 e. The van der Waals surface area contributed by atoms with E-state index in [0.717, 1.165) is 0 Å². The summed E-state index contributed by atoms with van der Waals surface area (Å²) in [5, 5.41) is 16.4. The second-order valence-corrected chi connectivity index (χ2v) is 7.37. The Morgan fingerprint density at radius 3 is 2.49 bits per heavy atom. The summed E-state index contributed by atoms with van der Waals surface area (Å²) in [5.74, 6) is -2.63. The van der Waals surface area contributed by atoms with Gasteiger partial charge in [-0.3, -0.25) is 14.6 Å². The number of aliphatic hydroxyl groups excluding tert-OH is 1. The largest absolute Gasteiger partial charge is 0.471 e. The average molecular weight is 490 g/mol. The minimum atomic E-state index is -4.75. The van der Waals surface area contributed by atoms with Crippen molar-refractivity contribution in [2.75, 3.05) is 13.7 Å². The molecule has 0 bridgehead atoms. The number of amides is 1. The summed E-state index contributed by atoms with van der Waals surface area (Å²) >= 11 is 0. The molecule has 35 heavy (non-hydrogen) atoms. The lowest BCUT2D eigenvalue weighted by atomic mass is 10.0. The highest BCUT2D eigenvalue weighted by Gasteiger charge is 2.38. The van der Waals surface area contributed by atoms with E-state index in [-0.39, 0.29) is 29.9 Å². The maximum Gasteiger partial charge on any atom is 0.471 e. The highest BCUT2D eigenvalue weighted by atomic mass is 19.4. The van der Waals surface area contributed by atoms with Gasteiger partial charge in [0.1, 0.15) is 0 Å². The number of aliphatic hydroxyl groups is 1. The second kappa shape index (κ2) is 10.9. The third-order valence-corrected chi connectivity index (χ3v) is 4.82. The predicted molar refractivity (Wildman–Crippen MR) is 117 cm³/mol. The smallest absolute Gasteiger partial charge is 0.469 e. The number of hydrogen-bond donors (Lipinski definition) is 2. The molecule has 0 aliphatic rings. The molecule has 2 N–H and O–H groups in total. The molecule has 3 rings (SSSR count). The van der Waals surface area contributed by atoms with Crippen molar-refractivity contribution in [2.24, 2.45) is 4.99 Å². The number of ether oxygens (including phenoxy) is 1. The molecule has 0 spiro atoms. The molecular weight excluding hydrogens is 469 g/mol. The van der Waals surface area contributed by atoms with E-state index in [1.165, 1.54) is 31.4 Å². The van der Waals surface area contributed by atoms with Gasteiger partial charge in [-0.1, -0.05) is 41.6 Å². The van der Waals surface area contributed by atoms with Crippen LogP contribution in [0.25, 0.3) is 11.4 Å². The van der Waals surface area contributed by atoms with E-state index < -0.39 is 30.2 Å². The Labute approximate surface area is 197 Å². The zero-order valence-corrected chi connectivity index (χ0v) is 18.7. The second-order valence-electron chi connectivity index (χ2n) is 7.37. The topological polar surface area (TPSA) is 127 Å². The summed E-state index contributed by atoms with van der Waals surface area (Å²) < 4.78 is 46.7. The van der Waals surface area contributed by atoms with E-state index in [2.05, 4.69) is 29.7 Å². The van der Waals surface area contributed by atoms with Crippen LogP contribution in [0.1, 0.15) is 40.5 Å². The van der Waals surface area contributed by atoms with E-state index in [0.29, 0.717) is 16.8 Å². The summed E-state index contributed by atoms with van der Waals surface area (Å²) in [5.41, 5.74) is 1.91. The standard InChI is InChI=1S/C23H21F3N4O5/c1-13(28-21(33)17-6-4-3-5-16(17)11-18(31)34-2)12-27-20(32)15-9-7-14(8-10-15)19-29-22(35-30-19)23(24,25)26/h3-10,21,33H,11-12H2,1-2H3,(H,27,32). The number of methoxy groups -OCH3 is 1. The molecule has 9 nitrogen and oxygen atoms in total. The van der Waals surface area contributed by atoms with Gasteiger partial charge in [0.15, 0.2) is 6.23 Å². The summed E-state index contributed by atoms with van der Waals surface area (Å²) in [4.78, 5) is 31.5. The molecule has 1 amide bonds. The lowest BCUT2D eigenvalue weighted by molar-refractivity contribution is -0.159. The number of carbonyl (C=O) groups is 2. The monoisotopic (exact) mass is 490 g/mol. The van der Waals surface area contributed by atoms with Crippen LogP contribution in [-0.4, -0.2) is 46.5 Å². The van der Waals surface area contributed by atoms with Crippen molar-refractivity contribution in [3.05, 3.63) is 71.1 Å². The quantitative estimate of drug-likeness (QED) is 0.366. The molecule has 1 aromatic heterocycles. The Hall–Kier alpha value is -4.06. The van der Waals surface area contributed by atoms with Gasteiger partial charge in [0.25, 0.3) is 5.91 Å². The van der Waals surface area contributed by atoms with Gasteiger partial charge < -0.3 is 19.7 Å². The molecular formula is C23H21F3N4O5. The van der Waals surface area contributed by atoms with Crippen molar-refractivity contribution in [1.29, 1.82) is 0 Å². The molecule has 1 unspecified atom stereocenters. The first-order chi connectivity index (χ1) is 16.6. The molecule has 0 saturated carbocycles. The number of carbonyl (C=O) groups excluding carboxylic acids is 2. The third-order valence-electron chi connectivity index (χ3n) is 4.82. The molecule has 1 atom stereocenters. The van der Waals surface area contributed by atoms with Crippen molar-refractivity contribution < 1.29 is 37.1 Å². The van der Waals surface area contributed by atoms with Crippen LogP contribution in [-0.2, 0) is 22.1 Å². The number of esters is 1. The van der Waals surface area contributed by atoms with Gasteiger partial charge in [0.05, 0.1) is 20.1 Å². The SMILES string of the molecule is COC(=O)Cc1ccccc1C(O)N=C(C)CNC(=O)c1ccc(-c2noc(C(F)(F)F)n2)cc1. The van der Waals surface area contributed by atoms with Crippen LogP contribution in [0.4, 0.5) is 13.2 Å². The number of rotatable bonds is 8. The van der Waals surface area contributed by atoms with Crippen LogP contribution < -0.4 is 5.32 Å². The zero-order valence-electron chi connectivity index (χ0n) is 18.7. The number of nitrogens with one attached hydrogen (secondary N) is 1. The normalized spacial score (nSPS) is 12.8. The Bertz CT molecular complexity index is 1220. The van der Waals surface area contributed by atoms with Gasteiger partial charge in [-0.25, -0.2) is 0 Å². The van der Waals surface area contributed by atoms with Crippen molar-refractivity contribution in [3.63, 3.8) is 0 Å². The van der Waals surface area contributed by atoms with Gasteiger partial charge >= 0.3 is 18.0 Å². The predicted octanol–water partition coefficient (Wildman–Crippen LogP) is 3.35. The molecule has 0 radical (unpaired) electrons. The first-order valence-corrected chi connectivity index (χ1v) is 10.2. The average Bonchev–Trinajstić information content (AvgIpc) is 3.34. The molecule has 0 fully saturated rings. The van der Waals surface area contributed by atoms with E-state index in [1.807, 2.05) is 0 Å². The van der Waals surface area contributed by atoms with Gasteiger partial charge in [0, 0.05) is 22.4 Å². The van der Waals surface area contributed by atoms with Crippen molar-refractivity contribution in [1.82, 2.24) is 15.5 Å².